The summed E-state index contributed by atoms with van der Waals surface area (Å²) in [5.41, 5.74) is 3.80. The van der Waals surface area contributed by atoms with Gasteiger partial charge in [-0.1, -0.05) is 52.8 Å². The summed E-state index contributed by atoms with van der Waals surface area (Å²) < 4.78 is 7.37. The molecule has 3 unspecified atom stereocenters. The molecule has 0 saturated heterocycles. The molecule has 2 aliphatic rings. The third-order valence-corrected chi connectivity index (χ3v) is 7.40. The monoisotopic (exact) mass is 450 g/mol. The molecule has 178 valence electrons. The summed E-state index contributed by atoms with van der Waals surface area (Å²) >= 11 is 0. The van der Waals surface area contributed by atoms with Crippen LogP contribution in [0.1, 0.15) is 89.8 Å². The number of carbonyl (C=O) groups is 1. The lowest BCUT2D eigenvalue weighted by Gasteiger charge is -2.36. The number of carbonyl (C=O) groups excluding carboxylic acids is 1. The normalized spacial score (nSPS) is 24.5. The number of hydrogen-bond acceptors (Lipinski definition) is 4. The van der Waals surface area contributed by atoms with Crippen molar-refractivity contribution in [2.45, 2.75) is 73.8 Å². The maximum atomic E-state index is 13.2. The van der Waals surface area contributed by atoms with E-state index in [1.165, 1.54) is 0 Å². The van der Waals surface area contributed by atoms with Crippen LogP contribution in [0.4, 0.5) is 0 Å². The smallest absolute Gasteiger partial charge is 0.343 e. The molecular formula is C28H38N2O3. The lowest BCUT2D eigenvalue weighted by molar-refractivity contribution is 0.0522. The standard InChI is InChI=1S/C28H38N2O3/c1-8-17(3)24(20-12-10-11-18(4)25(20)29)22-15-23(31)21(27(32)33-9-2)16-30(22)26-19(5)13-14-28(26,6)7/h10-12,15-17,19,26,29H,8-9,13-14H2,1-7H3/b24-20+,29-25?. The molecule has 0 aliphatic heterocycles. The summed E-state index contributed by atoms with van der Waals surface area (Å²) in [7, 11) is 0. The highest BCUT2D eigenvalue weighted by atomic mass is 16.5. The molecule has 0 spiro atoms. The number of nitrogens with one attached hydrogen (secondary N) is 1. The number of hydrogen-bond donors (Lipinski definition) is 1. The first-order valence-electron chi connectivity index (χ1n) is 12.2. The fraction of sp³-hybridized carbons (Fsp3) is 0.536. The van der Waals surface area contributed by atoms with E-state index in [1.807, 2.05) is 25.2 Å². The second kappa shape index (κ2) is 9.66. The molecular weight excluding hydrogens is 412 g/mol. The number of aromatic nitrogens is 1. The summed E-state index contributed by atoms with van der Waals surface area (Å²) in [4.78, 5) is 25.8. The third-order valence-electron chi connectivity index (χ3n) is 7.40. The summed E-state index contributed by atoms with van der Waals surface area (Å²) in [6.07, 6.45) is 10.7. The molecule has 1 saturated carbocycles. The molecule has 0 bridgehead atoms. The van der Waals surface area contributed by atoms with Crippen molar-refractivity contribution in [3.63, 3.8) is 0 Å². The number of pyridine rings is 1. The number of nitrogens with zero attached hydrogens (tertiary/aromatic N) is 1. The molecule has 1 aromatic heterocycles. The van der Waals surface area contributed by atoms with Crippen molar-refractivity contribution in [1.29, 1.82) is 5.41 Å². The largest absolute Gasteiger partial charge is 0.462 e. The Kier molecular flexibility index (Phi) is 7.30. The zero-order chi connectivity index (χ0) is 24.5. The summed E-state index contributed by atoms with van der Waals surface area (Å²) in [6, 6.07) is 1.73. The second-order valence-corrected chi connectivity index (χ2v) is 10.2. The molecule has 1 fully saturated rings. The van der Waals surface area contributed by atoms with Crippen molar-refractivity contribution in [3.05, 3.63) is 63.1 Å². The van der Waals surface area contributed by atoms with Gasteiger partial charge in [0.1, 0.15) is 5.56 Å². The van der Waals surface area contributed by atoms with Gasteiger partial charge in [-0.15, -0.1) is 0 Å². The number of esters is 1. The van der Waals surface area contributed by atoms with Crippen LogP contribution < -0.4 is 5.43 Å². The van der Waals surface area contributed by atoms with Gasteiger partial charge in [-0.2, -0.15) is 0 Å². The van der Waals surface area contributed by atoms with Gasteiger partial charge in [0.25, 0.3) is 0 Å². The van der Waals surface area contributed by atoms with E-state index >= 15 is 0 Å². The number of ether oxygens (including phenoxy) is 1. The van der Waals surface area contributed by atoms with Gasteiger partial charge in [0.2, 0.25) is 0 Å². The van der Waals surface area contributed by atoms with Crippen molar-refractivity contribution in [2.75, 3.05) is 6.61 Å². The predicted molar refractivity (Wildman–Crippen MR) is 135 cm³/mol. The molecule has 5 heteroatoms. The maximum absolute atomic E-state index is 13.2. The fourth-order valence-electron chi connectivity index (χ4n) is 5.44. The lowest BCUT2D eigenvalue weighted by atomic mass is 9.82. The molecule has 1 heterocycles. The Labute approximate surface area is 197 Å². The van der Waals surface area contributed by atoms with Gasteiger partial charge in [-0.05, 0) is 61.5 Å². The van der Waals surface area contributed by atoms with Gasteiger partial charge in [-0.25, -0.2) is 4.79 Å². The van der Waals surface area contributed by atoms with Crippen LogP contribution >= 0.6 is 0 Å². The van der Waals surface area contributed by atoms with E-state index in [9.17, 15) is 9.59 Å². The summed E-state index contributed by atoms with van der Waals surface area (Å²) in [6.45, 7) is 15.0. The van der Waals surface area contributed by atoms with Crippen LogP contribution in [0.25, 0.3) is 5.57 Å². The highest BCUT2D eigenvalue weighted by Gasteiger charge is 2.42. The van der Waals surface area contributed by atoms with E-state index in [1.54, 1.807) is 19.2 Å². The average molecular weight is 451 g/mol. The minimum atomic E-state index is -0.576. The molecule has 3 rings (SSSR count). The predicted octanol–water partition coefficient (Wildman–Crippen LogP) is 6.36. The Morgan fingerprint density at radius 2 is 2.03 bits per heavy atom. The van der Waals surface area contributed by atoms with Crippen LogP contribution in [0, 0.1) is 22.7 Å². The molecule has 2 aliphatic carbocycles. The highest BCUT2D eigenvalue weighted by Crippen LogP contribution is 2.50. The second-order valence-electron chi connectivity index (χ2n) is 10.2. The summed E-state index contributed by atoms with van der Waals surface area (Å²) in [5, 5.41) is 8.78. The van der Waals surface area contributed by atoms with Gasteiger partial charge >= 0.3 is 5.97 Å². The first kappa shape index (κ1) is 24.9. The van der Waals surface area contributed by atoms with Crippen molar-refractivity contribution in [2.24, 2.45) is 17.3 Å². The Morgan fingerprint density at radius 3 is 2.61 bits per heavy atom. The molecule has 1 N–H and O–H groups in total. The van der Waals surface area contributed by atoms with Crippen LogP contribution in [0.2, 0.25) is 0 Å². The van der Waals surface area contributed by atoms with E-state index in [0.717, 1.165) is 41.7 Å². The van der Waals surface area contributed by atoms with Gasteiger partial charge < -0.3 is 9.30 Å². The van der Waals surface area contributed by atoms with Crippen LogP contribution in [0.5, 0.6) is 0 Å². The van der Waals surface area contributed by atoms with Crippen molar-refractivity contribution in [1.82, 2.24) is 4.57 Å². The Morgan fingerprint density at radius 1 is 1.33 bits per heavy atom. The Hall–Kier alpha value is -2.69. The number of allylic oxidation sites excluding steroid dienone is 6. The molecule has 3 atom stereocenters. The minimum Gasteiger partial charge on any atom is -0.462 e. The zero-order valence-corrected chi connectivity index (χ0v) is 21.1. The molecule has 0 amide bonds. The Bertz CT molecular complexity index is 1100. The maximum Gasteiger partial charge on any atom is 0.343 e. The van der Waals surface area contributed by atoms with Gasteiger partial charge in [0.15, 0.2) is 5.43 Å². The number of rotatable bonds is 6. The first-order valence-corrected chi connectivity index (χ1v) is 12.2. The van der Waals surface area contributed by atoms with Crippen LogP contribution in [-0.2, 0) is 4.74 Å². The SMILES string of the molecule is CCOC(=O)c1cn(C2C(C)CCC2(C)C)c(/C(=C2\C=CC=C(C)C2=N)C(C)CC)cc1=O. The summed E-state index contributed by atoms with van der Waals surface area (Å²) in [5.74, 6) is -0.0506. The van der Waals surface area contributed by atoms with Crippen LogP contribution in [0.15, 0.2) is 46.4 Å². The van der Waals surface area contributed by atoms with Gasteiger partial charge in [0.05, 0.1) is 12.3 Å². The fourth-order valence-corrected chi connectivity index (χ4v) is 5.44. The van der Waals surface area contributed by atoms with Crippen LogP contribution in [0.3, 0.4) is 0 Å². The highest BCUT2D eigenvalue weighted by molar-refractivity contribution is 6.17. The van der Waals surface area contributed by atoms with E-state index in [2.05, 4.69) is 39.2 Å². The van der Waals surface area contributed by atoms with Crippen molar-refractivity contribution < 1.29 is 9.53 Å². The molecule has 5 nitrogen and oxygen atoms in total. The topological polar surface area (TPSA) is 72.2 Å². The van der Waals surface area contributed by atoms with E-state index < -0.39 is 5.97 Å². The van der Waals surface area contributed by atoms with E-state index in [4.69, 9.17) is 10.1 Å². The van der Waals surface area contributed by atoms with Crippen molar-refractivity contribution >= 4 is 17.3 Å². The quantitative estimate of drug-likeness (QED) is 0.513. The van der Waals surface area contributed by atoms with Crippen molar-refractivity contribution in [3.8, 4) is 0 Å². The lowest BCUT2D eigenvalue weighted by Crippen LogP contribution is -2.31. The molecule has 0 aromatic carbocycles. The van der Waals surface area contributed by atoms with Crippen LogP contribution in [-0.4, -0.2) is 22.9 Å². The van der Waals surface area contributed by atoms with E-state index in [0.29, 0.717) is 11.6 Å². The molecule has 1 aromatic rings. The first-order chi connectivity index (χ1) is 15.5. The Balaban J connectivity index is 2.38. The van der Waals surface area contributed by atoms with Gasteiger partial charge in [-0.3, -0.25) is 10.2 Å². The third kappa shape index (κ3) is 4.68. The van der Waals surface area contributed by atoms with Gasteiger partial charge in [0, 0.05) is 29.6 Å². The minimum absolute atomic E-state index is 0.00608. The zero-order valence-electron chi connectivity index (χ0n) is 21.1. The molecule has 33 heavy (non-hydrogen) atoms. The molecule has 0 radical (unpaired) electrons. The van der Waals surface area contributed by atoms with E-state index in [-0.39, 0.29) is 35.0 Å². The average Bonchev–Trinajstić information content (AvgIpc) is 3.03.